The van der Waals surface area contributed by atoms with Gasteiger partial charge >= 0.3 is 5.97 Å². The number of nitro groups is 1. The molecule has 4 atom stereocenters. The highest BCUT2D eigenvalue weighted by atomic mass is 32.1. The molecule has 0 spiro atoms. The minimum absolute atomic E-state index is 0.0438. The SMILES string of the molecule is C[C@@H](O)[C@H]1C(=O)N2C(C(=O)OCc3ccc([N+](=O)[O-])cc3)=C(c3cn4c(C(N)=O)ncc4s3)[C@H](C)[C@H]12. The monoisotopic (exact) mass is 511 g/mol. The summed E-state index contributed by atoms with van der Waals surface area (Å²) in [5.41, 5.74) is 6.51. The number of rotatable bonds is 7. The Kier molecular flexibility index (Phi) is 5.60. The number of nitrogens with zero attached hydrogens (tertiary/aromatic N) is 4. The molecule has 2 aromatic heterocycles. The van der Waals surface area contributed by atoms with E-state index in [0.29, 0.717) is 20.8 Å². The maximum absolute atomic E-state index is 13.3. The largest absolute Gasteiger partial charge is 0.456 e. The summed E-state index contributed by atoms with van der Waals surface area (Å²) >= 11 is 1.28. The number of aromatic nitrogens is 2. The fourth-order valence-corrected chi connectivity index (χ4v) is 6.04. The first-order valence-corrected chi connectivity index (χ1v) is 11.8. The van der Waals surface area contributed by atoms with Gasteiger partial charge in [-0.15, -0.1) is 11.3 Å². The van der Waals surface area contributed by atoms with Crippen molar-refractivity contribution in [3.63, 3.8) is 0 Å². The first-order chi connectivity index (χ1) is 17.1. The molecule has 13 heteroatoms. The van der Waals surface area contributed by atoms with Gasteiger partial charge in [0.05, 0.1) is 34.1 Å². The van der Waals surface area contributed by atoms with Crippen molar-refractivity contribution in [2.75, 3.05) is 0 Å². The third kappa shape index (κ3) is 3.55. The van der Waals surface area contributed by atoms with Crippen LogP contribution in [0.4, 0.5) is 5.69 Å². The predicted octanol–water partition coefficient (Wildman–Crippen LogP) is 1.71. The highest BCUT2D eigenvalue weighted by molar-refractivity contribution is 7.18. The lowest BCUT2D eigenvalue weighted by Gasteiger charge is -2.46. The molecule has 2 amide bonds. The maximum Gasteiger partial charge on any atom is 0.355 e. The summed E-state index contributed by atoms with van der Waals surface area (Å²) in [5, 5.41) is 21.1. The normalized spacial score (nSPS) is 21.9. The van der Waals surface area contributed by atoms with Crippen LogP contribution in [0, 0.1) is 22.0 Å². The average Bonchev–Trinajstić information content (AvgIpc) is 3.47. The molecule has 3 N–H and O–H groups in total. The highest BCUT2D eigenvalue weighted by Gasteiger charge is 2.60. The second-order valence-corrected chi connectivity index (χ2v) is 9.83. The van der Waals surface area contributed by atoms with Gasteiger partial charge in [-0.2, -0.15) is 0 Å². The first-order valence-electron chi connectivity index (χ1n) is 11.0. The number of aliphatic hydroxyl groups excluding tert-OH is 1. The van der Waals surface area contributed by atoms with Crippen LogP contribution in [-0.4, -0.2) is 54.2 Å². The number of aliphatic hydroxyl groups is 1. The van der Waals surface area contributed by atoms with E-state index in [1.807, 2.05) is 6.92 Å². The molecule has 0 bridgehead atoms. The molecular formula is C23H21N5O7S. The number of β-lactam (4-membered cyclic amide) rings is 1. The lowest BCUT2D eigenvalue weighted by molar-refractivity contribution is -0.384. The van der Waals surface area contributed by atoms with E-state index in [2.05, 4.69) is 4.98 Å². The van der Waals surface area contributed by atoms with Crippen LogP contribution in [0.15, 0.2) is 42.4 Å². The number of fused-ring (bicyclic) bond motifs is 2. The number of esters is 1. The molecule has 1 saturated heterocycles. The third-order valence-electron chi connectivity index (χ3n) is 6.59. The number of non-ortho nitro benzene ring substituents is 1. The van der Waals surface area contributed by atoms with Crippen molar-refractivity contribution in [1.29, 1.82) is 0 Å². The number of imidazole rings is 1. The van der Waals surface area contributed by atoms with Gasteiger partial charge in [-0.3, -0.25) is 24.1 Å². The first kappa shape index (κ1) is 23.6. The van der Waals surface area contributed by atoms with Crippen molar-refractivity contribution < 1.29 is 29.2 Å². The molecule has 4 heterocycles. The van der Waals surface area contributed by atoms with Gasteiger partial charge in [0.25, 0.3) is 11.6 Å². The lowest BCUT2D eigenvalue weighted by atomic mass is 9.77. The summed E-state index contributed by atoms with van der Waals surface area (Å²) in [6.45, 7) is 3.25. The number of thiazole rings is 1. The smallest absolute Gasteiger partial charge is 0.355 e. The van der Waals surface area contributed by atoms with Crippen LogP contribution in [0.2, 0.25) is 0 Å². The maximum atomic E-state index is 13.3. The van der Waals surface area contributed by atoms with Crippen LogP contribution in [0.25, 0.3) is 10.4 Å². The van der Waals surface area contributed by atoms with Crippen molar-refractivity contribution >= 4 is 45.2 Å². The molecule has 12 nitrogen and oxygen atoms in total. The van der Waals surface area contributed by atoms with Crippen LogP contribution in [-0.2, 0) is 20.9 Å². The molecule has 2 aliphatic rings. The van der Waals surface area contributed by atoms with Crippen LogP contribution in [0.1, 0.15) is 34.9 Å². The van der Waals surface area contributed by atoms with Gasteiger partial charge in [0.2, 0.25) is 11.7 Å². The zero-order valence-corrected chi connectivity index (χ0v) is 20.0. The molecule has 0 aliphatic carbocycles. The fraction of sp³-hybridized carbons (Fsp3) is 0.304. The molecule has 1 fully saturated rings. The molecule has 0 saturated carbocycles. The zero-order chi connectivity index (χ0) is 25.9. The summed E-state index contributed by atoms with van der Waals surface area (Å²) in [6.07, 6.45) is 2.25. The average molecular weight is 512 g/mol. The van der Waals surface area contributed by atoms with Gasteiger partial charge < -0.3 is 20.5 Å². The van der Waals surface area contributed by atoms with Gasteiger partial charge in [0.15, 0.2) is 0 Å². The molecule has 0 radical (unpaired) electrons. The standard InChI is InChI=1S/C23H21N5O7S/c1-10-16(14-8-26-15(36-14)7-25-21(26)20(24)30)19(27-18(10)17(11(2)29)22(27)31)23(32)35-9-12-3-5-13(6-4-12)28(33)34/h3-8,10-11,17-18,29H,9H2,1-2H3,(H2,24,30)/t10-,11+,17+,18+/m0/s1. The number of hydrogen-bond acceptors (Lipinski definition) is 9. The minimum atomic E-state index is -0.900. The van der Waals surface area contributed by atoms with E-state index in [4.69, 9.17) is 10.5 Å². The second kappa shape index (κ2) is 8.53. The van der Waals surface area contributed by atoms with Crippen molar-refractivity contribution in [3.05, 3.63) is 68.7 Å². The molecule has 5 rings (SSSR count). The van der Waals surface area contributed by atoms with Crippen LogP contribution in [0.3, 0.4) is 0 Å². The van der Waals surface area contributed by atoms with Crippen molar-refractivity contribution in [1.82, 2.24) is 14.3 Å². The number of primary amides is 1. The lowest BCUT2D eigenvalue weighted by Crippen LogP contribution is -2.63. The quantitative estimate of drug-likeness (QED) is 0.209. The summed E-state index contributed by atoms with van der Waals surface area (Å²) in [4.78, 5) is 55.0. The molecule has 2 aliphatic heterocycles. The molecule has 36 heavy (non-hydrogen) atoms. The van der Waals surface area contributed by atoms with E-state index in [0.717, 1.165) is 0 Å². The van der Waals surface area contributed by atoms with Crippen LogP contribution in [0.5, 0.6) is 0 Å². The molecule has 1 aromatic carbocycles. The van der Waals surface area contributed by atoms with E-state index < -0.39 is 34.9 Å². The molecule has 186 valence electrons. The minimum Gasteiger partial charge on any atom is -0.456 e. The Balaban J connectivity index is 1.51. The van der Waals surface area contributed by atoms with Crippen molar-refractivity contribution in [3.8, 4) is 0 Å². The molecular weight excluding hydrogens is 490 g/mol. The summed E-state index contributed by atoms with van der Waals surface area (Å²) < 4.78 is 7.05. The number of amides is 2. The fourth-order valence-electron chi connectivity index (χ4n) is 4.92. The number of hydrogen-bond donors (Lipinski definition) is 2. The Labute approximate surface area is 207 Å². The Hall–Kier alpha value is -4.10. The molecule has 0 unspecified atom stereocenters. The Morgan fingerprint density at radius 3 is 2.64 bits per heavy atom. The summed E-state index contributed by atoms with van der Waals surface area (Å²) in [7, 11) is 0. The van der Waals surface area contributed by atoms with E-state index in [1.54, 1.807) is 6.20 Å². The van der Waals surface area contributed by atoms with Crippen LogP contribution < -0.4 is 5.73 Å². The number of carbonyl (C=O) groups is 3. The Bertz CT molecular complexity index is 1460. The van der Waals surface area contributed by atoms with Gasteiger partial charge in [-0.25, -0.2) is 9.78 Å². The number of carbonyl (C=O) groups excluding carboxylic acids is 3. The van der Waals surface area contributed by atoms with Crippen molar-refractivity contribution in [2.45, 2.75) is 32.6 Å². The van der Waals surface area contributed by atoms with E-state index in [-0.39, 0.29) is 35.6 Å². The van der Waals surface area contributed by atoms with Crippen LogP contribution >= 0.6 is 11.3 Å². The number of benzene rings is 1. The third-order valence-corrected chi connectivity index (χ3v) is 7.65. The number of nitro benzene ring substituents is 1. The van der Waals surface area contributed by atoms with E-state index >= 15 is 0 Å². The Morgan fingerprint density at radius 1 is 1.33 bits per heavy atom. The van der Waals surface area contributed by atoms with E-state index in [9.17, 15) is 29.6 Å². The number of ether oxygens (including phenoxy) is 1. The van der Waals surface area contributed by atoms with Crippen molar-refractivity contribution in [2.24, 2.45) is 17.6 Å². The van der Waals surface area contributed by atoms with Gasteiger partial charge in [-0.05, 0) is 24.6 Å². The Morgan fingerprint density at radius 2 is 2.03 bits per heavy atom. The zero-order valence-electron chi connectivity index (χ0n) is 19.2. The summed E-state index contributed by atoms with van der Waals surface area (Å²) in [5.74, 6) is -2.74. The topological polar surface area (TPSA) is 170 Å². The van der Waals surface area contributed by atoms with Gasteiger partial charge in [0.1, 0.15) is 17.1 Å². The number of nitrogens with two attached hydrogens (primary N) is 1. The highest BCUT2D eigenvalue weighted by Crippen LogP contribution is 2.51. The second-order valence-electron chi connectivity index (χ2n) is 8.77. The van der Waals surface area contributed by atoms with Gasteiger partial charge in [0, 0.05) is 29.8 Å². The predicted molar refractivity (Wildman–Crippen MR) is 126 cm³/mol. The summed E-state index contributed by atoms with van der Waals surface area (Å²) in [6, 6.07) is 5.17. The molecule has 3 aromatic rings. The van der Waals surface area contributed by atoms with E-state index in [1.165, 1.54) is 58.0 Å². The van der Waals surface area contributed by atoms with Gasteiger partial charge in [-0.1, -0.05) is 6.92 Å².